The first-order chi connectivity index (χ1) is 18.4. The van der Waals surface area contributed by atoms with Crippen molar-refractivity contribution in [2.45, 2.75) is 51.4 Å². The molecule has 0 aromatic heterocycles. The number of likely N-dealkylation sites (tertiary alicyclic amines) is 1. The van der Waals surface area contributed by atoms with E-state index >= 15 is 0 Å². The third-order valence-electron chi connectivity index (χ3n) is 8.65. The first-order valence-electron chi connectivity index (χ1n) is 13.4. The highest BCUT2D eigenvalue weighted by Gasteiger charge is 2.62. The summed E-state index contributed by atoms with van der Waals surface area (Å²) in [5.41, 5.74) is 2.72. The Bertz CT molecular complexity index is 1260. The number of fused-ring (bicyclic) bond motifs is 4. The molecule has 5 atom stereocenters. The third kappa shape index (κ3) is 4.00. The van der Waals surface area contributed by atoms with Crippen LogP contribution >= 0.6 is 0 Å². The summed E-state index contributed by atoms with van der Waals surface area (Å²) in [4.78, 5) is 30.4. The van der Waals surface area contributed by atoms with E-state index in [-0.39, 0.29) is 42.5 Å². The first-order valence-corrected chi connectivity index (χ1v) is 13.4. The van der Waals surface area contributed by atoms with E-state index < -0.39 is 6.09 Å². The molecule has 5 unspecified atom stereocenters. The molecule has 0 bridgehead atoms. The first kappa shape index (κ1) is 24.7. The predicted octanol–water partition coefficient (Wildman–Crippen LogP) is 3.92. The van der Waals surface area contributed by atoms with Gasteiger partial charge in [-0.25, -0.2) is 4.79 Å². The smallest absolute Gasteiger partial charge is 0.412 e. The topological polar surface area (TPSA) is 104 Å². The van der Waals surface area contributed by atoms with E-state index in [9.17, 15) is 9.59 Å². The van der Waals surface area contributed by atoms with Gasteiger partial charge in [-0.1, -0.05) is 44.2 Å². The Kier molecular flexibility index (Phi) is 6.26. The summed E-state index contributed by atoms with van der Waals surface area (Å²) >= 11 is 0. The number of amidine groups is 1. The molecule has 200 valence electrons. The second kappa shape index (κ2) is 9.62. The minimum Gasteiger partial charge on any atom is -0.454 e. The number of hydrogen-bond acceptors (Lipinski definition) is 7. The van der Waals surface area contributed by atoms with Gasteiger partial charge in [0.25, 0.3) is 0 Å². The predicted molar refractivity (Wildman–Crippen MR) is 140 cm³/mol. The fourth-order valence-corrected chi connectivity index (χ4v) is 7.21. The van der Waals surface area contributed by atoms with Crippen molar-refractivity contribution in [2.24, 2.45) is 17.8 Å². The molecular weight excluding hydrogens is 484 g/mol. The highest BCUT2D eigenvalue weighted by molar-refractivity contribution is 6.04. The lowest BCUT2D eigenvalue weighted by molar-refractivity contribution is -0.134. The van der Waals surface area contributed by atoms with E-state index in [1.165, 1.54) is 7.11 Å². The van der Waals surface area contributed by atoms with E-state index in [1.54, 1.807) is 0 Å². The van der Waals surface area contributed by atoms with Crippen LogP contribution in [0.3, 0.4) is 0 Å². The number of ether oxygens (including phenoxy) is 3. The lowest BCUT2D eigenvalue weighted by Crippen LogP contribution is -2.44. The summed E-state index contributed by atoms with van der Waals surface area (Å²) in [7, 11) is 1.27. The van der Waals surface area contributed by atoms with Gasteiger partial charge in [-0.3, -0.25) is 20.4 Å². The molecule has 0 saturated carbocycles. The maximum absolute atomic E-state index is 14.2. The van der Waals surface area contributed by atoms with Crippen molar-refractivity contribution in [3.63, 3.8) is 0 Å². The van der Waals surface area contributed by atoms with Crippen LogP contribution in [0, 0.1) is 23.2 Å². The highest BCUT2D eigenvalue weighted by atomic mass is 16.7. The van der Waals surface area contributed by atoms with Crippen LogP contribution in [0.15, 0.2) is 42.5 Å². The van der Waals surface area contributed by atoms with Crippen molar-refractivity contribution in [3.05, 3.63) is 59.2 Å². The number of carbonyl (C=O) groups is 2. The zero-order chi connectivity index (χ0) is 26.6. The second-order valence-corrected chi connectivity index (χ2v) is 11.0. The summed E-state index contributed by atoms with van der Waals surface area (Å²) in [5, 5.41) is 10.6. The molecule has 3 fully saturated rings. The monoisotopic (exact) mass is 518 g/mol. The minimum absolute atomic E-state index is 0.000182. The summed E-state index contributed by atoms with van der Waals surface area (Å²) in [5.74, 6) is 2.18. The van der Waals surface area contributed by atoms with Crippen LogP contribution in [0.5, 0.6) is 11.5 Å². The molecule has 2 N–H and O–H groups in total. The molecule has 4 aliphatic heterocycles. The van der Waals surface area contributed by atoms with Crippen molar-refractivity contribution >= 4 is 17.8 Å². The Morgan fingerprint density at radius 2 is 1.92 bits per heavy atom. The SMILES string of the molecule is COC(=O)NC(=N)c1ccc(C2C3C(=O)N(Cc4ccc5c(c4)OCO5)C(C(C)C)C3C3CCCN32)cc1. The number of alkyl carbamates (subject to hydrolysis) is 1. The Labute approximate surface area is 222 Å². The zero-order valence-electron chi connectivity index (χ0n) is 22.0. The van der Waals surface area contributed by atoms with Gasteiger partial charge in [0.2, 0.25) is 12.7 Å². The number of rotatable bonds is 5. The lowest BCUT2D eigenvalue weighted by Gasteiger charge is -2.35. The van der Waals surface area contributed by atoms with Crippen molar-refractivity contribution in [1.29, 1.82) is 5.41 Å². The van der Waals surface area contributed by atoms with E-state index in [2.05, 4.69) is 33.7 Å². The van der Waals surface area contributed by atoms with Gasteiger partial charge in [-0.05, 0) is 48.6 Å². The van der Waals surface area contributed by atoms with E-state index in [0.717, 1.165) is 42.0 Å². The molecule has 4 heterocycles. The quantitative estimate of drug-likeness (QED) is 0.459. The fourth-order valence-electron chi connectivity index (χ4n) is 7.21. The van der Waals surface area contributed by atoms with Crippen LogP contribution in [-0.2, 0) is 16.1 Å². The molecule has 6 rings (SSSR count). The van der Waals surface area contributed by atoms with E-state index in [1.807, 2.05) is 42.5 Å². The number of hydrogen-bond donors (Lipinski definition) is 2. The number of amides is 2. The molecule has 0 spiro atoms. The van der Waals surface area contributed by atoms with E-state index in [0.29, 0.717) is 24.1 Å². The van der Waals surface area contributed by atoms with Crippen LogP contribution in [0.1, 0.15) is 49.4 Å². The van der Waals surface area contributed by atoms with Crippen LogP contribution in [0.2, 0.25) is 0 Å². The second-order valence-electron chi connectivity index (χ2n) is 11.0. The van der Waals surface area contributed by atoms with Gasteiger partial charge >= 0.3 is 6.09 Å². The Morgan fingerprint density at radius 1 is 1.16 bits per heavy atom. The number of nitrogens with one attached hydrogen (secondary N) is 2. The van der Waals surface area contributed by atoms with Crippen molar-refractivity contribution in [1.82, 2.24) is 15.1 Å². The molecule has 9 heteroatoms. The molecule has 0 aliphatic carbocycles. The number of nitrogens with zero attached hydrogens (tertiary/aromatic N) is 2. The number of methoxy groups -OCH3 is 1. The Morgan fingerprint density at radius 3 is 2.66 bits per heavy atom. The van der Waals surface area contributed by atoms with Gasteiger partial charge < -0.3 is 19.1 Å². The highest BCUT2D eigenvalue weighted by Crippen LogP contribution is 2.56. The van der Waals surface area contributed by atoms with Crippen LogP contribution in [0.4, 0.5) is 4.79 Å². The Hall–Kier alpha value is -3.59. The van der Waals surface area contributed by atoms with Gasteiger partial charge in [-0.15, -0.1) is 0 Å². The molecule has 38 heavy (non-hydrogen) atoms. The van der Waals surface area contributed by atoms with Gasteiger partial charge in [0, 0.05) is 36.2 Å². The van der Waals surface area contributed by atoms with Crippen molar-refractivity contribution in [2.75, 3.05) is 20.4 Å². The fraction of sp³-hybridized carbons (Fsp3) is 0.483. The minimum atomic E-state index is -0.670. The van der Waals surface area contributed by atoms with Crippen LogP contribution in [-0.4, -0.2) is 60.2 Å². The van der Waals surface area contributed by atoms with E-state index in [4.69, 9.17) is 14.9 Å². The molecule has 2 aromatic rings. The molecule has 0 radical (unpaired) electrons. The largest absolute Gasteiger partial charge is 0.454 e. The van der Waals surface area contributed by atoms with Crippen LogP contribution < -0.4 is 14.8 Å². The molecule has 3 saturated heterocycles. The molecular formula is C29H34N4O5. The standard InChI is InChI=1S/C29H34N4O5/c1-16(2)25-23-20-5-4-12-32(20)26(18-7-9-19(10-8-18)27(30)31-29(35)36-3)24(23)28(34)33(25)14-17-6-11-21-22(13-17)38-15-37-21/h6-11,13,16,20,23-26H,4-5,12,14-15H2,1-3H3,(H2,30,31,35). The van der Waals surface area contributed by atoms with Crippen LogP contribution in [0.25, 0.3) is 0 Å². The Balaban J connectivity index is 1.30. The lowest BCUT2D eigenvalue weighted by atomic mass is 9.79. The average Bonchev–Trinajstić information content (AvgIpc) is 3.67. The molecule has 2 amide bonds. The number of carbonyl (C=O) groups excluding carboxylic acids is 2. The normalized spacial score (nSPS) is 27.5. The summed E-state index contributed by atoms with van der Waals surface area (Å²) in [6, 6.07) is 14.2. The summed E-state index contributed by atoms with van der Waals surface area (Å²) < 4.78 is 15.7. The summed E-state index contributed by atoms with van der Waals surface area (Å²) in [6.45, 7) is 6.24. The average molecular weight is 519 g/mol. The van der Waals surface area contributed by atoms with Gasteiger partial charge in [0.15, 0.2) is 11.5 Å². The molecule has 4 aliphatic rings. The molecule has 2 aromatic carbocycles. The van der Waals surface area contributed by atoms with Crippen molar-refractivity contribution < 1.29 is 23.8 Å². The van der Waals surface area contributed by atoms with Crippen molar-refractivity contribution in [3.8, 4) is 11.5 Å². The van der Waals surface area contributed by atoms with Gasteiger partial charge in [0.05, 0.1) is 13.0 Å². The molecule has 9 nitrogen and oxygen atoms in total. The maximum Gasteiger partial charge on any atom is 0.412 e. The third-order valence-corrected chi connectivity index (χ3v) is 8.65. The number of benzene rings is 2. The summed E-state index contributed by atoms with van der Waals surface area (Å²) in [6.07, 6.45) is 1.58. The zero-order valence-corrected chi connectivity index (χ0v) is 22.0. The maximum atomic E-state index is 14.2. The van der Waals surface area contributed by atoms with Gasteiger partial charge in [0.1, 0.15) is 5.84 Å². The van der Waals surface area contributed by atoms with Gasteiger partial charge in [-0.2, -0.15) is 0 Å².